The fourth-order valence-corrected chi connectivity index (χ4v) is 7.84. The molecule has 2 aromatic carbocycles. The number of rotatable bonds is 11. The van der Waals surface area contributed by atoms with E-state index in [1.165, 1.54) is 0 Å². The van der Waals surface area contributed by atoms with Crippen molar-refractivity contribution >= 4 is 40.0 Å². The zero-order chi connectivity index (χ0) is 32.3. The maximum absolute atomic E-state index is 14.2. The molecule has 0 fully saturated rings. The topological polar surface area (TPSA) is 178 Å². The Balaban J connectivity index is 2.54. The van der Waals surface area contributed by atoms with Gasteiger partial charge in [0.05, 0.1) is 0 Å². The van der Waals surface area contributed by atoms with Gasteiger partial charge in [0.2, 0.25) is 0 Å². The molecule has 11 nitrogen and oxygen atoms in total. The Kier molecular flexibility index (Phi) is 8.70. The summed E-state index contributed by atoms with van der Waals surface area (Å²) in [5, 5.41) is -14.4. The van der Waals surface area contributed by atoms with Crippen molar-refractivity contribution in [3.63, 3.8) is 0 Å². The largest absolute Gasteiger partial charge is 0.449 e. The number of sulfonamides is 2. The minimum absolute atomic E-state index is 0.0767. The van der Waals surface area contributed by atoms with Gasteiger partial charge >= 0.3 is 22.7 Å². The van der Waals surface area contributed by atoms with Crippen molar-refractivity contribution in [1.29, 1.82) is 0 Å². The average Bonchev–Trinajstić information content (AvgIpc) is 2.76. The lowest BCUT2D eigenvalue weighted by molar-refractivity contribution is -0.442. The Hall–Kier alpha value is -2.58. The van der Waals surface area contributed by atoms with E-state index in [9.17, 15) is 77.6 Å². The van der Waals surface area contributed by atoms with Gasteiger partial charge in [-0.1, -0.05) is 16.3 Å². The van der Waals surface area contributed by atoms with Gasteiger partial charge in [0.15, 0.2) is 0 Å². The monoisotopic (exact) mass is 693 g/mol. The molecule has 0 spiro atoms. The fraction of sp³-hybridized carbons (Fsp3) is 0.250. The highest BCUT2D eigenvalue weighted by atomic mass is 32.3. The van der Waals surface area contributed by atoms with Gasteiger partial charge in [-0.25, -0.2) is 38.8 Å². The van der Waals surface area contributed by atoms with E-state index in [-0.39, 0.29) is 28.4 Å². The van der Waals surface area contributed by atoms with E-state index < -0.39 is 95.1 Å². The van der Waals surface area contributed by atoms with Gasteiger partial charge < -0.3 is 0 Å². The molecule has 0 aliphatic heterocycles. The van der Waals surface area contributed by atoms with E-state index in [2.05, 4.69) is 0 Å². The van der Waals surface area contributed by atoms with Crippen LogP contribution in [0.25, 0.3) is 0 Å². The Morgan fingerprint density at radius 2 is 1.12 bits per heavy atom. The van der Waals surface area contributed by atoms with Crippen LogP contribution in [0.3, 0.4) is 0 Å². The van der Waals surface area contributed by atoms with Crippen LogP contribution in [0.5, 0.6) is 0 Å². The Labute approximate surface area is 222 Å². The molecule has 0 amide bonds. The van der Waals surface area contributed by atoms with Crippen molar-refractivity contribution in [2.24, 2.45) is 0 Å². The standard InChI is InChI=1S/C16H9F10NO10S4/c17-8-5-6-10(9(18)7-8)38(28,29)15(23,24)13(19,20)37-14(21,22)16(25,26)41(35,36)27-39(30,31)11-3-1-2-4-12(11)40(32,33)34/h1-7,27H,(H,32,33,34). The number of ether oxygens (including phenoxy) is 1. The van der Waals surface area contributed by atoms with Gasteiger partial charge in [-0.15, -0.1) is 0 Å². The molecular formula is C16H9F10NO10S4. The van der Waals surface area contributed by atoms with Crippen molar-refractivity contribution in [3.8, 4) is 0 Å². The maximum atomic E-state index is 14.2. The third kappa shape index (κ3) is 6.14. The number of sulfone groups is 1. The van der Waals surface area contributed by atoms with Crippen molar-refractivity contribution in [3.05, 3.63) is 54.1 Å². The lowest BCUT2D eigenvalue weighted by Crippen LogP contribution is -2.60. The van der Waals surface area contributed by atoms with Crippen LogP contribution < -0.4 is 4.13 Å². The molecule has 0 aliphatic carbocycles. The van der Waals surface area contributed by atoms with E-state index in [0.717, 1.165) is 0 Å². The van der Waals surface area contributed by atoms with Gasteiger partial charge in [0.1, 0.15) is 26.3 Å². The second-order valence-corrected chi connectivity index (χ2v) is 14.2. The first-order valence-electron chi connectivity index (χ1n) is 9.31. The summed E-state index contributed by atoms with van der Waals surface area (Å²) in [5.41, 5.74) is 0. The normalized spacial score (nSPS) is 14.7. The molecule has 25 heteroatoms. The molecule has 232 valence electrons. The molecule has 0 heterocycles. The van der Waals surface area contributed by atoms with Crippen LogP contribution in [-0.4, -0.2) is 61.0 Å². The van der Waals surface area contributed by atoms with Gasteiger partial charge in [-0.2, -0.15) is 43.5 Å². The summed E-state index contributed by atoms with van der Waals surface area (Å²) in [5.74, 6) is -4.13. The Morgan fingerprint density at radius 3 is 1.59 bits per heavy atom. The van der Waals surface area contributed by atoms with Crippen molar-refractivity contribution in [2.75, 3.05) is 0 Å². The van der Waals surface area contributed by atoms with E-state index in [0.29, 0.717) is 12.1 Å². The Bertz CT molecular complexity index is 1800. The third-order valence-corrected chi connectivity index (χ3v) is 10.9. The minimum atomic E-state index is -7.65. The number of hydrogen-bond donors (Lipinski definition) is 2. The summed E-state index contributed by atoms with van der Waals surface area (Å²) in [7, 11) is -26.7. The quantitative estimate of drug-likeness (QED) is 0.202. The zero-order valence-corrected chi connectivity index (χ0v) is 21.8. The molecule has 41 heavy (non-hydrogen) atoms. The molecule has 0 aliphatic rings. The van der Waals surface area contributed by atoms with E-state index in [1.807, 2.05) is 4.74 Å². The fourth-order valence-electron chi connectivity index (χ4n) is 2.55. The summed E-state index contributed by atoms with van der Waals surface area (Å²) in [6.45, 7) is 0. The molecule has 0 bridgehead atoms. The van der Waals surface area contributed by atoms with Crippen LogP contribution in [0, 0.1) is 11.6 Å². The summed E-state index contributed by atoms with van der Waals surface area (Å²) in [6, 6.07) is 0.762. The first-order valence-corrected chi connectivity index (χ1v) is 15.2. The lowest BCUT2D eigenvalue weighted by atomic mass is 10.3. The molecule has 0 saturated heterocycles. The highest BCUT2D eigenvalue weighted by Gasteiger charge is 2.77. The molecule has 0 saturated carbocycles. The van der Waals surface area contributed by atoms with Gasteiger partial charge in [0.25, 0.3) is 40.0 Å². The third-order valence-electron chi connectivity index (χ3n) is 4.43. The van der Waals surface area contributed by atoms with Crippen molar-refractivity contribution in [1.82, 2.24) is 4.13 Å². The zero-order valence-electron chi connectivity index (χ0n) is 18.6. The molecular weight excluding hydrogens is 684 g/mol. The average molecular weight is 693 g/mol. The van der Waals surface area contributed by atoms with Crippen molar-refractivity contribution in [2.45, 2.75) is 37.4 Å². The second kappa shape index (κ2) is 10.3. The van der Waals surface area contributed by atoms with Crippen LogP contribution >= 0.6 is 0 Å². The number of alkyl halides is 8. The predicted molar refractivity (Wildman–Crippen MR) is 110 cm³/mol. The first kappa shape index (κ1) is 34.6. The molecule has 0 radical (unpaired) electrons. The van der Waals surface area contributed by atoms with E-state index in [4.69, 9.17) is 4.55 Å². The molecule has 2 N–H and O–H groups in total. The molecule has 0 unspecified atom stereocenters. The van der Waals surface area contributed by atoms with E-state index >= 15 is 0 Å². The lowest BCUT2D eigenvalue weighted by Gasteiger charge is -2.32. The maximum Gasteiger partial charge on any atom is 0.449 e. The summed E-state index contributed by atoms with van der Waals surface area (Å²) in [6.07, 6.45) is -14.8. The number of hydrogen-bond acceptors (Lipinski definition) is 9. The van der Waals surface area contributed by atoms with Gasteiger partial charge in [-0.05, 0) is 24.3 Å². The van der Waals surface area contributed by atoms with Crippen LogP contribution in [0.1, 0.15) is 0 Å². The summed E-state index contributed by atoms with van der Waals surface area (Å²) in [4.78, 5) is -6.06. The number of nitrogens with one attached hydrogen (secondary N) is 1. The van der Waals surface area contributed by atoms with Crippen LogP contribution in [0.2, 0.25) is 0 Å². The molecule has 2 aromatic rings. The SMILES string of the molecule is O=S(=O)(O)c1ccccc1S(=O)(=O)NS(=O)(=O)C(F)(F)C(F)(F)OC(F)(F)C(F)(F)S(=O)(=O)c1ccc(F)cc1F. The number of benzene rings is 2. The highest BCUT2D eigenvalue weighted by Crippen LogP contribution is 2.50. The van der Waals surface area contributed by atoms with E-state index in [1.54, 1.807) is 0 Å². The van der Waals surface area contributed by atoms with Gasteiger partial charge in [-0.3, -0.25) is 4.55 Å². The van der Waals surface area contributed by atoms with Crippen molar-refractivity contribution < 1.29 is 86.9 Å². The first-order chi connectivity index (χ1) is 18.1. The summed E-state index contributed by atoms with van der Waals surface area (Å²) < 4.78 is 244. The van der Waals surface area contributed by atoms with Crippen LogP contribution in [-0.2, 0) is 44.7 Å². The molecule has 2 rings (SSSR count). The summed E-state index contributed by atoms with van der Waals surface area (Å²) >= 11 is 0. The van der Waals surface area contributed by atoms with Gasteiger partial charge in [0, 0.05) is 6.07 Å². The van der Waals surface area contributed by atoms with Crippen LogP contribution in [0.4, 0.5) is 43.9 Å². The predicted octanol–water partition coefficient (Wildman–Crippen LogP) is 2.68. The smallest absolute Gasteiger partial charge is 0.282 e. The second-order valence-electron chi connectivity index (χ2n) is 7.26. The highest BCUT2D eigenvalue weighted by molar-refractivity contribution is 8.05. The number of halogens is 10. The Morgan fingerprint density at radius 1 is 0.659 bits per heavy atom. The van der Waals surface area contributed by atoms with Crippen LogP contribution in [0.15, 0.2) is 57.2 Å². The molecule has 0 atom stereocenters. The minimum Gasteiger partial charge on any atom is -0.282 e. The molecule has 0 aromatic heterocycles.